The van der Waals surface area contributed by atoms with Gasteiger partial charge < -0.3 is 24.8 Å². The minimum atomic E-state index is -0.904. The lowest BCUT2D eigenvalue weighted by atomic mass is 10.1. The van der Waals surface area contributed by atoms with Gasteiger partial charge in [-0.2, -0.15) is 5.10 Å². The third-order valence-electron chi connectivity index (χ3n) is 5.42. The number of benzene rings is 3. The van der Waals surface area contributed by atoms with Crippen molar-refractivity contribution in [2.45, 2.75) is 13.3 Å². The molecule has 39 heavy (non-hydrogen) atoms. The number of rotatable bonds is 11. The lowest BCUT2D eigenvalue weighted by Gasteiger charge is -2.10. The number of carbonyl (C=O) groups is 3. The van der Waals surface area contributed by atoms with Gasteiger partial charge in [0.05, 0.1) is 20.4 Å². The predicted octanol–water partition coefficient (Wildman–Crippen LogP) is 3.49. The first kappa shape index (κ1) is 29.0. The maximum absolute atomic E-state index is 12.2. The number of nitrogens with one attached hydrogen (secondary N) is 3. The number of hydrogen-bond acceptors (Lipinski definition) is 7. The van der Waals surface area contributed by atoms with E-state index >= 15 is 0 Å². The van der Waals surface area contributed by atoms with Gasteiger partial charge in [-0.3, -0.25) is 14.4 Å². The van der Waals surface area contributed by atoms with E-state index in [9.17, 15) is 14.4 Å². The molecule has 0 aliphatic heterocycles. The fraction of sp³-hybridized carbons (Fsp3) is 0.214. The van der Waals surface area contributed by atoms with Gasteiger partial charge in [-0.05, 0) is 66.4 Å². The van der Waals surface area contributed by atoms with Gasteiger partial charge >= 0.3 is 11.8 Å². The second kappa shape index (κ2) is 14.4. The molecule has 204 valence electrons. The van der Waals surface area contributed by atoms with Crippen LogP contribution in [0.1, 0.15) is 16.7 Å². The van der Waals surface area contributed by atoms with Crippen molar-refractivity contribution < 1.29 is 28.6 Å². The minimum Gasteiger partial charge on any atom is -0.493 e. The summed E-state index contributed by atoms with van der Waals surface area (Å²) in [4.78, 5) is 36.3. The molecule has 3 rings (SSSR count). The van der Waals surface area contributed by atoms with Crippen molar-refractivity contribution in [3.05, 3.63) is 82.4 Å². The molecule has 0 heterocycles. The molecule has 0 bridgehead atoms. The summed E-state index contributed by atoms with van der Waals surface area (Å²) in [6.07, 6.45) is 1.85. The highest BCUT2D eigenvalue weighted by Gasteiger charge is 2.12. The molecule has 0 radical (unpaired) electrons. The summed E-state index contributed by atoms with van der Waals surface area (Å²) >= 11 is 6.08. The van der Waals surface area contributed by atoms with Crippen molar-refractivity contribution in [1.29, 1.82) is 0 Å². The molecule has 0 spiro atoms. The molecule has 11 heteroatoms. The van der Waals surface area contributed by atoms with Gasteiger partial charge in [0, 0.05) is 17.3 Å². The molecule has 3 aromatic carbocycles. The molecule has 0 saturated heterocycles. The summed E-state index contributed by atoms with van der Waals surface area (Å²) in [5, 5.41) is 9.63. The number of halogens is 1. The van der Waals surface area contributed by atoms with Crippen molar-refractivity contribution >= 4 is 41.2 Å². The molecule has 3 aromatic rings. The number of carbonyl (C=O) groups excluding carboxylic acids is 3. The van der Waals surface area contributed by atoms with Crippen LogP contribution in [0.4, 0.5) is 5.69 Å². The Labute approximate surface area is 231 Å². The summed E-state index contributed by atoms with van der Waals surface area (Å²) < 4.78 is 16.0. The Balaban J connectivity index is 1.42. The normalized spacial score (nSPS) is 10.6. The maximum Gasteiger partial charge on any atom is 0.329 e. The van der Waals surface area contributed by atoms with Gasteiger partial charge in [-0.1, -0.05) is 35.9 Å². The minimum absolute atomic E-state index is 0.216. The monoisotopic (exact) mass is 552 g/mol. The van der Waals surface area contributed by atoms with Crippen LogP contribution < -0.4 is 30.3 Å². The Kier molecular flexibility index (Phi) is 10.7. The highest BCUT2D eigenvalue weighted by atomic mass is 35.5. The first-order valence-electron chi connectivity index (χ1n) is 11.9. The van der Waals surface area contributed by atoms with E-state index in [2.05, 4.69) is 21.2 Å². The number of amides is 3. The van der Waals surface area contributed by atoms with E-state index in [-0.39, 0.29) is 19.1 Å². The second-order valence-corrected chi connectivity index (χ2v) is 8.67. The standard InChI is InChI=1S/C28H29ClN4O6/c1-18-7-9-21(15-23(18)29)32-26(34)17-39-22-6-4-5-20(13-22)16-31-33-28(36)27(35)30-12-11-19-8-10-24(37-2)25(14-19)38-3/h4-10,13-16H,11-12,17H2,1-3H3,(H,30,35)(H,32,34)(H,33,36)/b31-16-. The van der Waals surface area contributed by atoms with E-state index in [1.165, 1.54) is 6.21 Å². The van der Waals surface area contributed by atoms with Crippen LogP contribution in [-0.2, 0) is 20.8 Å². The molecule has 0 saturated carbocycles. The van der Waals surface area contributed by atoms with E-state index in [1.807, 2.05) is 19.1 Å². The molecule has 0 aliphatic rings. The van der Waals surface area contributed by atoms with Crippen LogP contribution in [0.25, 0.3) is 0 Å². The molecule has 0 atom stereocenters. The molecule has 3 N–H and O–H groups in total. The lowest BCUT2D eigenvalue weighted by Crippen LogP contribution is -2.38. The van der Waals surface area contributed by atoms with Gasteiger partial charge in [-0.15, -0.1) is 0 Å². The number of methoxy groups -OCH3 is 2. The van der Waals surface area contributed by atoms with Crippen molar-refractivity contribution in [2.75, 3.05) is 32.7 Å². The Hall–Kier alpha value is -4.57. The summed E-state index contributed by atoms with van der Waals surface area (Å²) in [5.41, 5.74) is 5.16. The Morgan fingerprint density at radius 2 is 1.74 bits per heavy atom. The predicted molar refractivity (Wildman–Crippen MR) is 149 cm³/mol. The Morgan fingerprint density at radius 1 is 0.949 bits per heavy atom. The van der Waals surface area contributed by atoms with E-state index in [0.29, 0.717) is 39.9 Å². The number of hydrogen-bond donors (Lipinski definition) is 3. The topological polar surface area (TPSA) is 127 Å². The Morgan fingerprint density at radius 3 is 2.49 bits per heavy atom. The average Bonchev–Trinajstić information content (AvgIpc) is 2.94. The third kappa shape index (κ3) is 9.04. The zero-order valence-electron chi connectivity index (χ0n) is 21.7. The van der Waals surface area contributed by atoms with E-state index < -0.39 is 11.8 Å². The zero-order chi connectivity index (χ0) is 28.2. The van der Waals surface area contributed by atoms with Crippen LogP contribution in [0.2, 0.25) is 5.02 Å². The molecule has 0 fully saturated rings. The highest BCUT2D eigenvalue weighted by Crippen LogP contribution is 2.27. The average molecular weight is 553 g/mol. The van der Waals surface area contributed by atoms with Gasteiger partial charge in [0.25, 0.3) is 5.91 Å². The second-order valence-electron chi connectivity index (χ2n) is 8.27. The molecular weight excluding hydrogens is 524 g/mol. The third-order valence-corrected chi connectivity index (χ3v) is 5.82. The fourth-order valence-electron chi connectivity index (χ4n) is 3.35. The molecule has 10 nitrogen and oxygen atoms in total. The first-order valence-corrected chi connectivity index (χ1v) is 12.3. The molecule has 3 amide bonds. The van der Waals surface area contributed by atoms with Gasteiger partial charge in [0.15, 0.2) is 18.1 Å². The van der Waals surface area contributed by atoms with Crippen LogP contribution in [0.5, 0.6) is 17.2 Å². The number of hydrazone groups is 1. The largest absolute Gasteiger partial charge is 0.493 e. The van der Waals surface area contributed by atoms with Crippen LogP contribution in [0, 0.1) is 6.92 Å². The number of aryl methyl sites for hydroxylation is 1. The smallest absolute Gasteiger partial charge is 0.329 e. The first-order chi connectivity index (χ1) is 18.8. The number of nitrogens with zero attached hydrogens (tertiary/aromatic N) is 1. The summed E-state index contributed by atoms with van der Waals surface area (Å²) in [6, 6.07) is 17.4. The number of anilines is 1. The lowest BCUT2D eigenvalue weighted by molar-refractivity contribution is -0.139. The van der Waals surface area contributed by atoms with Gasteiger partial charge in [-0.25, -0.2) is 5.43 Å². The SMILES string of the molecule is COc1ccc(CCNC(=O)C(=O)N/N=C\c2cccc(OCC(=O)Nc3ccc(C)c(Cl)c3)c2)cc1OC. The fourth-order valence-corrected chi connectivity index (χ4v) is 3.53. The van der Waals surface area contributed by atoms with Gasteiger partial charge in [0.2, 0.25) is 0 Å². The molecule has 0 aliphatic carbocycles. The zero-order valence-corrected chi connectivity index (χ0v) is 22.5. The quantitative estimate of drug-likeness (QED) is 0.190. The van der Waals surface area contributed by atoms with Crippen molar-refractivity contribution in [3.8, 4) is 17.2 Å². The summed E-state index contributed by atoms with van der Waals surface area (Å²) in [7, 11) is 3.09. The van der Waals surface area contributed by atoms with Crippen LogP contribution in [-0.4, -0.2) is 51.3 Å². The van der Waals surface area contributed by atoms with Gasteiger partial charge in [0.1, 0.15) is 5.75 Å². The van der Waals surface area contributed by atoms with Crippen molar-refractivity contribution in [1.82, 2.24) is 10.7 Å². The van der Waals surface area contributed by atoms with E-state index in [1.54, 1.807) is 62.8 Å². The maximum atomic E-state index is 12.2. The van der Waals surface area contributed by atoms with Crippen molar-refractivity contribution in [2.24, 2.45) is 5.10 Å². The van der Waals surface area contributed by atoms with Crippen molar-refractivity contribution in [3.63, 3.8) is 0 Å². The summed E-state index contributed by atoms with van der Waals surface area (Å²) in [6.45, 7) is 1.90. The molecule has 0 unspecified atom stereocenters. The van der Waals surface area contributed by atoms with Crippen LogP contribution >= 0.6 is 11.6 Å². The van der Waals surface area contributed by atoms with E-state index in [0.717, 1.165) is 11.1 Å². The van der Waals surface area contributed by atoms with Crippen LogP contribution in [0.15, 0.2) is 65.8 Å². The highest BCUT2D eigenvalue weighted by molar-refractivity contribution is 6.35. The summed E-state index contributed by atoms with van der Waals surface area (Å²) in [5.74, 6) is -0.453. The van der Waals surface area contributed by atoms with E-state index in [4.69, 9.17) is 25.8 Å². The number of ether oxygens (including phenoxy) is 3. The van der Waals surface area contributed by atoms with Crippen LogP contribution in [0.3, 0.4) is 0 Å². The molecular formula is C28H29ClN4O6. The molecule has 0 aromatic heterocycles. The Bertz CT molecular complexity index is 1360.